The van der Waals surface area contributed by atoms with Gasteiger partial charge in [-0.3, -0.25) is 0 Å². The van der Waals surface area contributed by atoms with E-state index in [-0.39, 0.29) is 5.28 Å². The van der Waals surface area contributed by atoms with Crippen molar-refractivity contribution < 1.29 is 13.7 Å². The van der Waals surface area contributed by atoms with E-state index < -0.39 is 18.3 Å². The van der Waals surface area contributed by atoms with Crippen molar-refractivity contribution >= 4 is 111 Å². The predicted molar refractivity (Wildman–Crippen MR) is 393 cm³/mol. The Labute approximate surface area is 563 Å². The standard InChI is InChI=1S/C38H22N4S.C25H22BNO3.C19H12ClN3/c1-39-27-20-18-25(19-21-27)34-31(22-23-33-35(34)30-15-7-8-17-32(30)43-33)38-41-36(26-11-3-2-4-12-26)40-37(42-38)29-16-9-13-24-10-5-6-14-28(24)29;1-24(2)25(3,4)30-26(29-24)19-14-15-21-23(18-8-6-7-9-20(18)28-21)22(19)16-10-12-17(27-5)13-11-16;20-19-22-17(14-8-2-1-3-9-14)21-18(23-19)16-12-6-10-13-7-4-5-11-15(13)16/h2-23H;6-15H,1-4H3;1-12H. The minimum Gasteiger partial charge on any atom is -0.456 e. The van der Waals surface area contributed by atoms with Crippen molar-refractivity contribution in [2.24, 2.45) is 0 Å². The topological polar surface area (TPSA) is 118 Å². The zero-order valence-corrected chi connectivity index (χ0v) is 54.1. The quantitative estimate of drug-likeness (QED) is 0.108. The largest absolute Gasteiger partial charge is 0.495 e. The van der Waals surface area contributed by atoms with E-state index in [4.69, 9.17) is 53.4 Å². The maximum absolute atomic E-state index is 7.48. The van der Waals surface area contributed by atoms with Gasteiger partial charge in [0.2, 0.25) is 5.28 Å². The van der Waals surface area contributed by atoms with E-state index in [9.17, 15) is 0 Å². The van der Waals surface area contributed by atoms with Crippen LogP contribution >= 0.6 is 22.9 Å². The van der Waals surface area contributed by atoms with Crippen LogP contribution in [0.25, 0.3) is 153 Å². The van der Waals surface area contributed by atoms with Gasteiger partial charge in [0.1, 0.15) is 11.2 Å². The molecule has 14 heteroatoms. The Morgan fingerprint density at radius 1 is 0.365 bits per heavy atom. The van der Waals surface area contributed by atoms with Crippen molar-refractivity contribution in [2.45, 2.75) is 38.9 Å². The average molecular weight is 1280 g/mol. The van der Waals surface area contributed by atoms with Gasteiger partial charge < -0.3 is 13.7 Å². The second-order valence-electron chi connectivity index (χ2n) is 24.2. The SMILES string of the molecule is Clc1nc(-c2ccccc2)nc(-c2cccc3ccccc23)n1.[C-]#[N+]c1ccc(-c2c(-c3nc(-c4ccccc4)nc(-c4cccc5ccccc45)n3)ccc3sc4ccccc4c23)cc1.[C-]#[N+]c1ccc(-c2c(B3OC(C)(C)C(C)(C)O3)ccc3oc4ccccc4c23)cc1. The van der Waals surface area contributed by atoms with Crippen molar-refractivity contribution in [2.75, 3.05) is 0 Å². The average Bonchev–Trinajstić information content (AvgIpc) is 1.60. The van der Waals surface area contributed by atoms with E-state index >= 15 is 0 Å². The molecule has 0 saturated carbocycles. The number of hydrogen-bond acceptors (Lipinski definition) is 10. The predicted octanol–water partition coefficient (Wildman–Crippen LogP) is 21.7. The molecule has 1 aliphatic rings. The van der Waals surface area contributed by atoms with Gasteiger partial charge in [-0.15, -0.1) is 11.3 Å². The second-order valence-corrected chi connectivity index (χ2v) is 25.6. The minimum atomic E-state index is -0.497. The van der Waals surface area contributed by atoms with Crippen LogP contribution in [0.15, 0.2) is 271 Å². The fourth-order valence-corrected chi connectivity index (χ4v) is 13.7. The Balaban J connectivity index is 0.000000125. The molecule has 0 aliphatic carbocycles. The second kappa shape index (κ2) is 25.4. The summed E-state index contributed by atoms with van der Waals surface area (Å²) in [6.45, 7) is 23.0. The monoisotopic (exact) mass is 1280 g/mol. The summed E-state index contributed by atoms with van der Waals surface area (Å²) >= 11 is 7.92. The fourth-order valence-electron chi connectivity index (χ4n) is 12.4. The lowest BCUT2D eigenvalue weighted by molar-refractivity contribution is 0.00578. The molecule has 0 bridgehead atoms. The van der Waals surface area contributed by atoms with Gasteiger partial charge in [-0.05, 0) is 113 Å². The Bertz CT molecular complexity index is 5710. The van der Waals surface area contributed by atoms with Crippen LogP contribution in [0, 0.1) is 13.1 Å². The van der Waals surface area contributed by atoms with Gasteiger partial charge >= 0.3 is 7.12 Å². The number of para-hydroxylation sites is 1. The smallest absolute Gasteiger partial charge is 0.456 e. The van der Waals surface area contributed by atoms with Gasteiger partial charge in [-0.25, -0.2) is 29.6 Å². The Hall–Kier alpha value is -11.5. The van der Waals surface area contributed by atoms with Gasteiger partial charge in [-0.2, -0.15) is 9.97 Å². The van der Waals surface area contributed by atoms with Crippen LogP contribution in [-0.2, 0) is 9.31 Å². The molecule has 11 nitrogen and oxygen atoms in total. The van der Waals surface area contributed by atoms with Gasteiger partial charge in [0.25, 0.3) is 0 Å². The molecule has 458 valence electrons. The lowest BCUT2D eigenvalue weighted by Gasteiger charge is -2.32. The van der Waals surface area contributed by atoms with Crippen molar-refractivity contribution in [3.05, 3.63) is 295 Å². The number of halogens is 1. The molecule has 4 aromatic heterocycles. The van der Waals surface area contributed by atoms with Crippen LogP contribution in [0.4, 0.5) is 11.4 Å². The van der Waals surface area contributed by atoms with Gasteiger partial charge in [0, 0.05) is 64.3 Å². The molecule has 0 radical (unpaired) electrons. The Morgan fingerprint density at radius 3 is 1.41 bits per heavy atom. The lowest BCUT2D eigenvalue weighted by Crippen LogP contribution is -2.41. The highest BCUT2D eigenvalue weighted by molar-refractivity contribution is 7.26. The molecule has 0 atom stereocenters. The third-order valence-electron chi connectivity index (χ3n) is 17.8. The summed E-state index contributed by atoms with van der Waals surface area (Å²) in [4.78, 5) is 35.6. The third-order valence-corrected chi connectivity index (χ3v) is 19.1. The highest BCUT2D eigenvalue weighted by atomic mass is 35.5. The number of rotatable bonds is 8. The molecule has 1 fully saturated rings. The summed E-state index contributed by atoms with van der Waals surface area (Å²) in [6.07, 6.45) is 0. The maximum atomic E-state index is 7.48. The van der Waals surface area contributed by atoms with Gasteiger partial charge in [0.15, 0.2) is 40.5 Å². The molecule has 0 spiro atoms. The highest BCUT2D eigenvalue weighted by Crippen LogP contribution is 2.46. The minimum absolute atomic E-state index is 0.196. The molecule has 1 aliphatic heterocycles. The first-order valence-corrected chi connectivity index (χ1v) is 32.5. The molecule has 0 N–H and O–H groups in total. The Morgan fingerprint density at radius 2 is 0.823 bits per heavy atom. The zero-order chi connectivity index (χ0) is 65.5. The van der Waals surface area contributed by atoms with Crippen LogP contribution in [0.3, 0.4) is 0 Å². The number of nitrogens with zero attached hydrogens (tertiary/aromatic N) is 8. The van der Waals surface area contributed by atoms with Crippen LogP contribution in [0.2, 0.25) is 5.28 Å². The molecule has 17 rings (SSSR count). The van der Waals surface area contributed by atoms with E-state index in [0.717, 1.165) is 99.0 Å². The summed E-state index contributed by atoms with van der Waals surface area (Å²) in [6, 6.07) is 89.0. The van der Waals surface area contributed by atoms with E-state index in [1.165, 1.54) is 20.2 Å². The van der Waals surface area contributed by atoms with Crippen molar-refractivity contribution in [1.82, 2.24) is 29.9 Å². The molecule has 0 amide bonds. The number of fused-ring (bicyclic) bond motifs is 8. The summed E-state index contributed by atoms with van der Waals surface area (Å²) in [7, 11) is -0.497. The summed E-state index contributed by atoms with van der Waals surface area (Å²) < 4.78 is 21.3. The van der Waals surface area contributed by atoms with E-state index in [0.29, 0.717) is 40.5 Å². The molecular weight excluding hydrogens is 1220 g/mol. The van der Waals surface area contributed by atoms with E-state index in [1.807, 2.05) is 176 Å². The molecular formula is C82H56BClN8O3S. The molecule has 16 aromatic rings. The summed E-state index contributed by atoms with van der Waals surface area (Å²) in [5.74, 6) is 3.02. The lowest BCUT2D eigenvalue weighted by atomic mass is 9.73. The number of benzene rings is 12. The number of hydrogen-bond donors (Lipinski definition) is 0. The fraction of sp³-hybridized carbons (Fsp3) is 0.0732. The molecule has 1 saturated heterocycles. The third kappa shape index (κ3) is 11.6. The first kappa shape index (κ1) is 60.7. The van der Waals surface area contributed by atoms with E-state index in [2.05, 4.69) is 143 Å². The van der Waals surface area contributed by atoms with Crippen LogP contribution < -0.4 is 5.46 Å². The number of furan rings is 1. The summed E-state index contributed by atoms with van der Waals surface area (Å²) in [5.41, 5.74) is 11.8. The zero-order valence-electron chi connectivity index (χ0n) is 52.6. The molecule has 12 aromatic carbocycles. The van der Waals surface area contributed by atoms with Crippen molar-refractivity contribution in [3.8, 4) is 79.2 Å². The van der Waals surface area contributed by atoms with Crippen LogP contribution in [-0.4, -0.2) is 48.2 Å². The van der Waals surface area contributed by atoms with Gasteiger partial charge in [-0.1, -0.05) is 237 Å². The summed E-state index contributed by atoms with van der Waals surface area (Å²) in [5, 5.41) is 9.11. The molecule has 5 heterocycles. The van der Waals surface area contributed by atoms with Crippen LogP contribution in [0.1, 0.15) is 27.7 Å². The molecule has 0 unspecified atom stereocenters. The number of thiophene rings is 1. The van der Waals surface area contributed by atoms with Crippen molar-refractivity contribution in [1.29, 1.82) is 0 Å². The highest BCUT2D eigenvalue weighted by Gasteiger charge is 2.52. The van der Waals surface area contributed by atoms with Crippen molar-refractivity contribution in [3.63, 3.8) is 0 Å². The first-order valence-electron chi connectivity index (χ1n) is 31.3. The van der Waals surface area contributed by atoms with Crippen LogP contribution in [0.5, 0.6) is 0 Å². The Kier molecular flexibility index (Phi) is 16.1. The number of aromatic nitrogens is 6. The maximum Gasteiger partial charge on any atom is 0.495 e. The first-order chi connectivity index (χ1) is 46.9. The molecule has 96 heavy (non-hydrogen) atoms. The normalized spacial score (nSPS) is 13.1. The van der Waals surface area contributed by atoms with E-state index in [1.54, 1.807) is 11.3 Å². The van der Waals surface area contributed by atoms with Gasteiger partial charge in [0.05, 0.1) is 24.3 Å².